The van der Waals surface area contributed by atoms with Crippen LogP contribution in [-0.4, -0.2) is 55.0 Å². The first-order chi connectivity index (χ1) is 8.04. The van der Waals surface area contributed by atoms with Crippen LogP contribution >= 0.6 is 0 Å². The van der Waals surface area contributed by atoms with Crippen LogP contribution in [0, 0.1) is 0 Å². The maximum absolute atomic E-state index is 11.4. The second kappa shape index (κ2) is 4.37. The van der Waals surface area contributed by atoms with Gasteiger partial charge in [-0.2, -0.15) is 14.8 Å². The predicted molar refractivity (Wildman–Crippen MR) is 53.7 cm³/mol. The molecule has 0 radical (unpaired) electrons. The van der Waals surface area contributed by atoms with Crippen LogP contribution in [0.5, 0.6) is 0 Å². The third-order valence-electron chi connectivity index (χ3n) is 2.49. The molecule has 0 amide bonds. The molecule has 94 valence electrons. The highest BCUT2D eigenvalue weighted by Crippen LogP contribution is 2.27. The van der Waals surface area contributed by atoms with Crippen LogP contribution in [0.3, 0.4) is 0 Å². The normalized spacial score (nSPS) is 32.9. The summed E-state index contributed by atoms with van der Waals surface area (Å²) in [6.45, 7) is -0.480. The second-order valence-electron chi connectivity index (χ2n) is 3.64. The lowest BCUT2D eigenvalue weighted by atomic mass is 10.1. The molecule has 1 fully saturated rings. The first-order valence-corrected chi connectivity index (χ1v) is 4.88. The standard InChI is InChI=1S/C8H12N4O5/c9-4-1-10-12(8(16)11-4)7-6(15)5(14)3(2-13)17-7/h1,3,5-7,13-15H,2H2,(H2,9,11,16)/t3-,5?,6+,7-/m1/s1. The lowest BCUT2D eigenvalue weighted by Crippen LogP contribution is -2.37. The molecule has 1 saturated heterocycles. The fourth-order valence-electron chi connectivity index (χ4n) is 1.62. The van der Waals surface area contributed by atoms with E-state index in [1.54, 1.807) is 0 Å². The largest absolute Gasteiger partial charge is 0.394 e. The Hall–Kier alpha value is -1.55. The molecule has 0 aromatic carbocycles. The van der Waals surface area contributed by atoms with Crippen molar-refractivity contribution in [3.8, 4) is 0 Å². The molecule has 1 aromatic heterocycles. The summed E-state index contributed by atoms with van der Waals surface area (Å²) >= 11 is 0. The molecule has 1 aliphatic heterocycles. The van der Waals surface area contributed by atoms with Gasteiger partial charge in [0.25, 0.3) is 0 Å². The summed E-state index contributed by atoms with van der Waals surface area (Å²) in [6.07, 6.45) is -3.71. The highest BCUT2D eigenvalue weighted by atomic mass is 16.6. The zero-order valence-corrected chi connectivity index (χ0v) is 8.67. The average Bonchev–Trinajstić information content (AvgIpc) is 2.57. The van der Waals surface area contributed by atoms with Crippen LogP contribution in [0.25, 0.3) is 0 Å². The number of anilines is 1. The van der Waals surface area contributed by atoms with E-state index in [1.807, 2.05) is 0 Å². The molecular formula is C8H12N4O5. The number of ether oxygens (including phenoxy) is 1. The molecular weight excluding hydrogens is 232 g/mol. The summed E-state index contributed by atoms with van der Waals surface area (Å²) in [5, 5.41) is 31.7. The van der Waals surface area contributed by atoms with Crippen molar-refractivity contribution in [2.24, 2.45) is 0 Å². The van der Waals surface area contributed by atoms with Gasteiger partial charge < -0.3 is 25.8 Å². The minimum absolute atomic E-state index is 0.0574. The van der Waals surface area contributed by atoms with Crippen molar-refractivity contribution in [1.82, 2.24) is 14.8 Å². The number of nitrogens with two attached hydrogens (primary N) is 1. The zero-order chi connectivity index (χ0) is 12.6. The summed E-state index contributed by atoms with van der Waals surface area (Å²) in [4.78, 5) is 14.9. The van der Waals surface area contributed by atoms with Gasteiger partial charge in [-0.3, -0.25) is 0 Å². The number of hydrogen-bond acceptors (Lipinski definition) is 8. The van der Waals surface area contributed by atoms with Crippen LogP contribution in [-0.2, 0) is 4.74 Å². The van der Waals surface area contributed by atoms with Gasteiger partial charge in [0.15, 0.2) is 6.23 Å². The topological polar surface area (TPSA) is 144 Å². The Morgan fingerprint density at radius 2 is 2.18 bits per heavy atom. The van der Waals surface area contributed by atoms with Gasteiger partial charge in [0.2, 0.25) is 0 Å². The zero-order valence-electron chi connectivity index (χ0n) is 8.67. The van der Waals surface area contributed by atoms with E-state index in [4.69, 9.17) is 15.6 Å². The van der Waals surface area contributed by atoms with Gasteiger partial charge in [0, 0.05) is 0 Å². The first-order valence-electron chi connectivity index (χ1n) is 4.88. The van der Waals surface area contributed by atoms with Crippen molar-refractivity contribution >= 4 is 5.82 Å². The van der Waals surface area contributed by atoms with Crippen LogP contribution in [0.4, 0.5) is 5.82 Å². The van der Waals surface area contributed by atoms with Crippen molar-refractivity contribution in [3.63, 3.8) is 0 Å². The Bertz CT molecular complexity index is 463. The van der Waals surface area contributed by atoms with E-state index >= 15 is 0 Å². The van der Waals surface area contributed by atoms with Gasteiger partial charge in [0.1, 0.15) is 24.1 Å². The molecule has 2 rings (SSSR count). The summed E-state index contributed by atoms with van der Waals surface area (Å²) < 4.78 is 5.88. The summed E-state index contributed by atoms with van der Waals surface area (Å²) in [6, 6.07) is 0. The van der Waals surface area contributed by atoms with Crippen LogP contribution < -0.4 is 11.4 Å². The smallest absolute Gasteiger partial charge is 0.368 e. The highest BCUT2D eigenvalue weighted by molar-refractivity contribution is 5.19. The van der Waals surface area contributed by atoms with E-state index in [0.29, 0.717) is 0 Å². The minimum Gasteiger partial charge on any atom is -0.394 e. The van der Waals surface area contributed by atoms with Gasteiger partial charge in [-0.25, -0.2) is 4.79 Å². The minimum atomic E-state index is -1.37. The number of hydrogen-bond donors (Lipinski definition) is 4. The number of aliphatic hydroxyl groups excluding tert-OH is 3. The fraction of sp³-hybridized carbons (Fsp3) is 0.625. The first kappa shape index (κ1) is 11.9. The number of rotatable bonds is 2. The Kier molecular flexibility index (Phi) is 3.07. The third-order valence-corrected chi connectivity index (χ3v) is 2.49. The van der Waals surface area contributed by atoms with Crippen molar-refractivity contribution in [2.45, 2.75) is 24.5 Å². The average molecular weight is 244 g/mol. The summed E-state index contributed by atoms with van der Waals surface area (Å²) in [7, 11) is 0. The third kappa shape index (κ3) is 2.00. The van der Waals surface area contributed by atoms with E-state index in [0.717, 1.165) is 10.9 Å². The number of aromatic nitrogens is 3. The second-order valence-corrected chi connectivity index (χ2v) is 3.64. The molecule has 17 heavy (non-hydrogen) atoms. The number of nitrogens with zero attached hydrogens (tertiary/aromatic N) is 3. The van der Waals surface area contributed by atoms with Gasteiger partial charge in [-0.1, -0.05) is 0 Å². The molecule has 9 heteroatoms. The van der Waals surface area contributed by atoms with Crippen molar-refractivity contribution in [2.75, 3.05) is 12.3 Å². The summed E-state index contributed by atoms with van der Waals surface area (Å²) in [5.74, 6) is -0.0574. The van der Waals surface area contributed by atoms with Crippen molar-refractivity contribution in [3.05, 3.63) is 16.7 Å². The van der Waals surface area contributed by atoms with Crippen LogP contribution in [0.15, 0.2) is 11.0 Å². The molecule has 0 aliphatic carbocycles. The lowest BCUT2D eigenvalue weighted by molar-refractivity contribution is -0.0616. The van der Waals surface area contributed by atoms with Crippen molar-refractivity contribution in [1.29, 1.82) is 0 Å². The molecule has 0 saturated carbocycles. The van der Waals surface area contributed by atoms with Crippen LogP contribution in [0.2, 0.25) is 0 Å². The molecule has 5 N–H and O–H groups in total. The molecule has 1 aromatic rings. The molecule has 1 unspecified atom stereocenters. The van der Waals surface area contributed by atoms with Gasteiger partial charge in [0.05, 0.1) is 12.8 Å². The summed E-state index contributed by atoms with van der Waals surface area (Å²) in [5.41, 5.74) is 4.46. The van der Waals surface area contributed by atoms with E-state index in [9.17, 15) is 15.0 Å². The molecule has 9 nitrogen and oxygen atoms in total. The van der Waals surface area contributed by atoms with Crippen molar-refractivity contribution < 1.29 is 20.1 Å². The Morgan fingerprint density at radius 3 is 2.71 bits per heavy atom. The SMILES string of the molecule is Nc1cnn([C@@H]2O[C@H](CO)C(O)[C@@H]2O)c(=O)n1. The Balaban J connectivity index is 2.32. The fourth-order valence-corrected chi connectivity index (χ4v) is 1.62. The monoisotopic (exact) mass is 244 g/mol. The molecule has 0 bridgehead atoms. The predicted octanol–water partition coefficient (Wildman–Crippen LogP) is -3.17. The molecule has 0 spiro atoms. The van der Waals surface area contributed by atoms with Gasteiger partial charge in [-0.15, -0.1) is 0 Å². The van der Waals surface area contributed by atoms with Crippen LogP contribution in [0.1, 0.15) is 6.23 Å². The van der Waals surface area contributed by atoms with Gasteiger partial charge >= 0.3 is 5.69 Å². The Labute approximate surface area is 95.1 Å². The highest BCUT2D eigenvalue weighted by Gasteiger charge is 2.44. The van der Waals surface area contributed by atoms with E-state index < -0.39 is 36.8 Å². The molecule has 1 aliphatic rings. The molecule has 4 atom stereocenters. The van der Waals surface area contributed by atoms with E-state index in [-0.39, 0.29) is 5.82 Å². The maximum Gasteiger partial charge on any atom is 0.368 e. The number of nitrogen functional groups attached to an aromatic ring is 1. The van der Waals surface area contributed by atoms with E-state index in [2.05, 4.69) is 10.1 Å². The lowest BCUT2D eigenvalue weighted by Gasteiger charge is -2.15. The molecule has 2 heterocycles. The maximum atomic E-state index is 11.4. The van der Waals surface area contributed by atoms with E-state index in [1.165, 1.54) is 0 Å². The Morgan fingerprint density at radius 1 is 1.47 bits per heavy atom. The quantitative estimate of drug-likeness (QED) is 0.426. The van der Waals surface area contributed by atoms with Gasteiger partial charge in [-0.05, 0) is 0 Å². The number of aliphatic hydroxyl groups is 3.